The van der Waals surface area contributed by atoms with Crippen molar-refractivity contribution in [3.05, 3.63) is 35.4 Å². The van der Waals surface area contributed by atoms with Crippen LogP contribution in [0.2, 0.25) is 0 Å². The predicted octanol–water partition coefficient (Wildman–Crippen LogP) is 1.82. The molecule has 0 aromatic heterocycles. The highest BCUT2D eigenvalue weighted by atomic mass is 16.5. The highest BCUT2D eigenvalue weighted by molar-refractivity contribution is 5.26. The summed E-state index contributed by atoms with van der Waals surface area (Å²) < 4.78 is 10.9. The van der Waals surface area contributed by atoms with E-state index in [-0.39, 0.29) is 12.2 Å². The maximum atomic E-state index is 5.46. The number of benzene rings is 1. The third kappa shape index (κ3) is 1.81. The van der Waals surface area contributed by atoms with Crippen molar-refractivity contribution in [3.63, 3.8) is 0 Å². The Morgan fingerprint density at radius 1 is 0.857 bits per heavy atom. The summed E-state index contributed by atoms with van der Waals surface area (Å²) in [6, 6.07) is 8.70. The number of ether oxygens (including phenoxy) is 2. The molecule has 0 N–H and O–H groups in total. The van der Waals surface area contributed by atoms with Gasteiger partial charge in [-0.25, -0.2) is 0 Å². The molecule has 2 unspecified atom stereocenters. The smallest absolute Gasteiger partial charge is 0.0876 e. The van der Waals surface area contributed by atoms with Crippen LogP contribution in [0.1, 0.15) is 11.1 Å². The maximum absolute atomic E-state index is 5.46. The number of methoxy groups -OCH3 is 2. The van der Waals surface area contributed by atoms with E-state index >= 15 is 0 Å². The molecule has 2 bridgehead atoms. The van der Waals surface area contributed by atoms with Crippen LogP contribution in [-0.2, 0) is 22.3 Å². The summed E-state index contributed by atoms with van der Waals surface area (Å²) in [5, 5.41) is 0. The van der Waals surface area contributed by atoms with Crippen LogP contribution >= 0.6 is 0 Å². The van der Waals surface area contributed by atoms with Crippen LogP contribution in [0.4, 0.5) is 0 Å². The van der Waals surface area contributed by atoms with Gasteiger partial charge in [0.05, 0.1) is 12.2 Å². The normalized spacial score (nSPS) is 25.9. The largest absolute Gasteiger partial charge is 0.378 e. The fourth-order valence-corrected chi connectivity index (χ4v) is 2.01. The lowest BCUT2D eigenvalue weighted by Crippen LogP contribution is -2.34. The summed E-state index contributed by atoms with van der Waals surface area (Å²) >= 11 is 0. The van der Waals surface area contributed by atoms with E-state index in [1.54, 1.807) is 14.2 Å². The van der Waals surface area contributed by atoms with Crippen molar-refractivity contribution >= 4 is 0 Å². The van der Waals surface area contributed by atoms with E-state index in [9.17, 15) is 0 Å². The number of hydrogen-bond donors (Lipinski definition) is 0. The Balaban J connectivity index is 2.27. The first-order chi connectivity index (χ1) is 6.83. The molecule has 2 heteroatoms. The Morgan fingerprint density at radius 3 is 1.50 bits per heavy atom. The molecular weight excluding hydrogens is 176 g/mol. The quantitative estimate of drug-likeness (QED) is 0.711. The number of hydrogen-bond acceptors (Lipinski definition) is 2. The zero-order valence-corrected chi connectivity index (χ0v) is 8.69. The van der Waals surface area contributed by atoms with Gasteiger partial charge >= 0.3 is 0 Å². The minimum atomic E-state index is 0.180. The van der Waals surface area contributed by atoms with Crippen molar-refractivity contribution in [1.82, 2.24) is 0 Å². The van der Waals surface area contributed by atoms with Crippen LogP contribution in [0.15, 0.2) is 24.3 Å². The molecule has 0 aliphatic heterocycles. The number of fused-ring (bicyclic) bond motifs is 5. The van der Waals surface area contributed by atoms with Gasteiger partial charge < -0.3 is 9.47 Å². The lowest BCUT2D eigenvalue weighted by molar-refractivity contribution is -0.0353. The lowest BCUT2D eigenvalue weighted by atomic mass is 9.93. The summed E-state index contributed by atoms with van der Waals surface area (Å²) in [7, 11) is 3.51. The Bertz CT molecular complexity index is 261. The summed E-state index contributed by atoms with van der Waals surface area (Å²) in [5.74, 6) is 0. The molecule has 0 saturated heterocycles. The zero-order chi connectivity index (χ0) is 9.97. The van der Waals surface area contributed by atoms with Crippen LogP contribution in [0.5, 0.6) is 0 Å². The molecule has 76 valence electrons. The van der Waals surface area contributed by atoms with Gasteiger partial charge in [0, 0.05) is 27.1 Å². The highest BCUT2D eigenvalue weighted by Crippen LogP contribution is 2.19. The molecule has 1 aromatic rings. The molecule has 0 heterocycles. The molecule has 2 atom stereocenters. The average molecular weight is 192 g/mol. The topological polar surface area (TPSA) is 18.5 Å². The van der Waals surface area contributed by atoms with Gasteiger partial charge in [-0.15, -0.1) is 0 Å². The fourth-order valence-electron chi connectivity index (χ4n) is 2.01. The zero-order valence-electron chi connectivity index (χ0n) is 8.69. The molecule has 2 nitrogen and oxygen atoms in total. The molecule has 0 saturated carbocycles. The molecule has 0 amide bonds. The SMILES string of the molecule is COC1Cc2ccc(cc2)CC1OC. The van der Waals surface area contributed by atoms with Gasteiger partial charge in [0.25, 0.3) is 0 Å². The second-order valence-corrected chi connectivity index (χ2v) is 3.77. The predicted molar refractivity (Wildman–Crippen MR) is 55.4 cm³/mol. The second kappa shape index (κ2) is 4.11. The molecule has 1 aromatic carbocycles. The number of rotatable bonds is 2. The van der Waals surface area contributed by atoms with Gasteiger partial charge in [0.15, 0.2) is 0 Å². The molecular formula is C12H16O2. The summed E-state index contributed by atoms with van der Waals surface area (Å²) in [6.45, 7) is 0. The van der Waals surface area contributed by atoms with Gasteiger partial charge in [-0.2, -0.15) is 0 Å². The molecule has 2 aliphatic carbocycles. The lowest BCUT2D eigenvalue weighted by Gasteiger charge is -2.27. The molecule has 14 heavy (non-hydrogen) atoms. The standard InChI is InChI=1S/C12H16O2/c1-13-11-7-9-3-5-10(6-4-9)8-12(11)14-2/h3-6,11-12H,7-8H2,1-2H3. The minimum Gasteiger partial charge on any atom is -0.378 e. The van der Waals surface area contributed by atoms with E-state index in [0.29, 0.717) is 0 Å². The first kappa shape index (κ1) is 9.69. The fraction of sp³-hybridized carbons (Fsp3) is 0.500. The van der Waals surface area contributed by atoms with Gasteiger partial charge in [-0.05, 0) is 11.1 Å². The van der Waals surface area contributed by atoms with E-state index in [1.165, 1.54) is 11.1 Å². The van der Waals surface area contributed by atoms with Crippen molar-refractivity contribution in [1.29, 1.82) is 0 Å². The molecule has 0 radical (unpaired) electrons. The first-order valence-corrected chi connectivity index (χ1v) is 4.97. The molecule has 0 spiro atoms. The van der Waals surface area contributed by atoms with E-state index in [2.05, 4.69) is 24.3 Å². The summed E-state index contributed by atoms with van der Waals surface area (Å²) in [6.07, 6.45) is 2.24. The van der Waals surface area contributed by atoms with Crippen molar-refractivity contribution in [2.24, 2.45) is 0 Å². The maximum Gasteiger partial charge on any atom is 0.0876 e. The third-order valence-corrected chi connectivity index (χ3v) is 2.92. The van der Waals surface area contributed by atoms with Gasteiger partial charge in [-0.3, -0.25) is 0 Å². The van der Waals surface area contributed by atoms with Crippen LogP contribution in [0.3, 0.4) is 0 Å². The van der Waals surface area contributed by atoms with Crippen LogP contribution in [0.25, 0.3) is 0 Å². The Hall–Kier alpha value is -0.860. The van der Waals surface area contributed by atoms with Crippen molar-refractivity contribution in [3.8, 4) is 0 Å². The Labute approximate surface area is 84.8 Å². The van der Waals surface area contributed by atoms with Gasteiger partial charge in [0.2, 0.25) is 0 Å². The van der Waals surface area contributed by atoms with Crippen molar-refractivity contribution < 1.29 is 9.47 Å². The van der Waals surface area contributed by atoms with E-state index in [4.69, 9.17) is 9.47 Å². The molecule has 2 aliphatic rings. The Kier molecular flexibility index (Phi) is 2.85. The van der Waals surface area contributed by atoms with E-state index in [1.807, 2.05) is 0 Å². The molecule has 0 fully saturated rings. The second-order valence-electron chi connectivity index (χ2n) is 3.77. The van der Waals surface area contributed by atoms with Crippen molar-refractivity contribution in [2.45, 2.75) is 25.0 Å². The van der Waals surface area contributed by atoms with Gasteiger partial charge in [0.1, 0.15) is 0 Å². The van der Waals surface area contributed by atoms with Crippen LogP contribution in [-0.4, -0.2) is 26.4 Å². The molecule has 3 rings (SSSR count). The minimum absolute atomic E-state index is 0.180. The average Bonchev–Trinajstić information content (AvgIpc) is 2.19. The van der Waals surface area contributed by atoms with E-state index in [0.717, 1.165) is 12.8 Å². The summed E-state index contributed by atoms with van der Waals surface area (Å²) in [5.41, 5.74) is 2.64. The highest BCUT2D eigenvalue weighted by Gasteiger charge is 2.23. The van der Waals surface area contributed by atoms with Gasteiger partial charge in [-0.1, -0.05) is 24.3 Å². The van der Waals surface area contributed by atoms with Crippen LogP contribution < -0.4 is 0 Å². The van der Waals surface area contributed by atoms with Crippen LogP contribution in [0, 0.1) is 0 Å². The van der Waals surface area contributed by atoms with Crippen molar-refractivity contribution in [2.75, 3.05) is 14.2 Å². The Morgan fingerprint density at radius 2 is 1.21 bits per heavy atom. The summed E-state index contributed by atoms with van der Waals surface area (Å²) in [4.78, 5) is 0. The van der Waals surface area contributed by atoms with E-state index < -0.39 is 0 Å². The monoisotopic (exact) mass is 192 g/mol. The third-order valence-electron chi connectivity index (χ3n) is 2.92. The first-order valence-electron chi connectivity index (χ1n) is 4.97.